The second-order valence-corrected chi connectivity index (χ2v) is 7.49. The number of aromatic amines is 1. The van der Waals surface area contributed by atoms with E-state index in [4.69, 9.17) is 4.18 Å². The lowest BCUT2D eigenvalue weighted by molar-refractivity contribution is 0.440. The maximum atomic E-state index is 12.5. The van der Waals surface area contributed by atoms with E-state index >= 15 is 0 Å². The Labute approximate surface area is 136 Å². The summed E-state index contributed by atoms with van der Waals surface area (Å²) in [5.41, 5.74) is 1.28. The average Bonchev–Trinajstić information content (AvgIpc) is 2.94. The molecule has 6 nitrogen and oxygen atoms in total. The van der Waals surface area contributed by atoms with Gasteiger partial charge in [-0.05, 0) is 37.8 Å². The van der Waals surface area contributed by atoms with Gasteiger partial charge in [-0.3, -0.25) is 0 Å². The number of benzene rings is 1. The summed E-state index contributed by atoms with van der Waals surface area (Å²) in [7, 11) is -3.94. The first-order valence-corrected chi connectivity index (χ1v) is 9.16. The number of nitrogens with zero attached hydrogens (tertiary/aromatic N) is 2. The fourth-order valence-corrected chi connectivity index (χ4v) is 4.03. The van der Waals surface area contributed by atoms with E-state index in [-0.39, 0.29) is 5.03 Å². The molecular weight excluding hydrogens is 314 g/mol. The monoisotopic (exact) mass is 335 g/mol. The second-order valence-electron chi connectivity index (χ2n) is 6.03. The van der Waals surface area contributed by atoms with Crippen LogP contribution in [0.25, 0.3) is 0 Å². The van der Waals surface area contributed by atoms with Gasteiger partial charge in [-0.2, -0.15) is 8.42 Å². The van der Waals surface area contributed by atoms with Gasteiger partial charge in [0.25, 0.3) is 0 Å². The summed E-state index contributed by atoms with van der Waals surface area (Å²) in [6, 6.07) is 7.27. The summed E-state index contributed by atoms with van der Waals surface area (Å²) < 4.78 is 30.3. The molecule has 1 saturated heterocycles. The van der Waals surface area contributed by atoms with E-state index in [1.165, 1.54) is 12.7 Å². The molecule has 124 valence electrons. The zero-order valence-electron chi connectivity index (χ0n) is 13.3. The van der Waals surface area contributed by atoms with Crippen molar-refractivity contribution in [2.75, 3.05) is 18.0 Å². The molecule has 1 aromatic heterocycles. The smallest absolute Gasteiger partial charge is 0.358 e. The van der Waals surface area contributed by atoms with Gasteiger partial charge < -0.3 is 14.1 Å². The highest BCUT2D eigenvalue weighted by atomic mass is 32.2. The zero-order valence-corrected chi connectivity index (χ0v) is 14.1. The Hall–Kier alpha value is -2.02. The minimum absolute atomic E-state index is 0.0701. The van der Waals surface area contributed by atoms with E-state index in [1.54, 1.807) is 19.1 Å². The number of anilines is 1. The van der Waals surface area contributed by atoms with Crippen LogP contribution in [0.2, 0.25) is 0 Å². The lowest BCUT2D eigenvalue weighted by atomic mass is 10.00. The molecule has 0 aliphatic carbocycles. The molecule has 7 heteroatoms. The lowest BCUT2D eigenvalue weighted by Gasteiger charge is -2.33. The lowest BCUT2D eigenvalue weighted by Crippen LogP contribution is -2.34. The molecule has 1 aliphatic heterocycles. The highest BCUT2D eigenvalue weighted by Crippen LogP contribution is 2.33. The number of imidazole rings is 1. The van der Waals surface area contributed by atoms with Gasteiger partial charge in [0.15, 0.2) is 5.75 Å². The Balaban J connectivity index is 1.91. The van der Waals surface area contributed by atoms with E-state index in [0.29, 0.717) is 17.4 Å². The molecule has 1 aromatic carbocycles. The molecule has 2 aromatic rings. The maximum absolute atomic E-state index is 12.5. The van der Waals surface area contributed by atoms with Crippen LogP contribution in [0.4, 0.5) is 5.69 Å². The number of nitrogens with one attached hydrogen (secondary N) is 1. The van der Waals surface area contributed by atoms with Crippen molar-refractivity contribution in [3.63, 3.8) is 0 Å². The molecule has 1 atom stereocenters. The third-order valence-electron chi connectivity index (χ3n) is 4.08. The first-order chi connectivity index (χ1) is 11.0. The summed E-state index contributed by atoms with van der Waals surface area (Å²) in [5, 5.41) is -0.0701. The molecule has 1 aliphatic rings. The topological polar surface area (TPSA) is 75.3 Å². The van der Waals surface area contributed by atoms with E-state index in [0.717, 1.165) is 25.2 Å². The molecule has 1 unspecified atom stereocenters. The molecule has 0 spiro atoms. The van der Waals surface area contributed by atoms with Crippen LogP contribution in [-0.2, 0) is 10.1 Å². The number of aromatic nitrogens is 2. The fraction of sp³-hybridized carbons (Fsp3) is 0.438. The number of aryl methyl sites for hydroxylation is 1. The maximum Gasteiger partial charge on any atom is 0.358 e. The Morgan fingerprint density at radius 3 is 2.83 bits per heavy atom. The number of H-pyrrole nitrogens is 1. The molecule has 0 saturated carbocycles. The van der Waals surface area contributed by atoms with Gasteiger partial charge in [-0.1, -0.05) is 19.1 Å². The van der Waals surface area contributed by atoms with Crippen molar-refractivity contribution in [1.29, 1.82) is 0 Å². The molecule has 3 rings (SSSR count). The van der Waals surface area contributed by atoms with Gasteiger partial charge >= 0.3 is 10.1 Å². The summed E-state index contributed by atoms with van der Waals surface area (Å²) >= 11 is 0. The van der Waals surface area contributed by atoms with Gasteiger partial charge in [0.2, 0.25) is 5.03 Å². The molecule has 0 radical (unpaired) electrons. The summed E-state index contributed by atoms with van der Waals surface area (Å²) in [5.74, 6) is 0.936. The van der Waals surface area contributed by atoms with Crippen molar-refractivity contribution in [3.05, 3.63) is 36.3 Å². The highest BCUT2D eigenvalue weighted by Gasteiger charge is 2.25. The van der Waals surface area contributed by atoms with Crippen molar-refractivity contribution in [1.82, 2.24) is 9.97 Å². The summed E-state index contributed by atoms with van der Waals surface area (Å²) in [6.45, 7) is 5.68. The first-order valence-electron chi connectivity index (χ1n) is 7.76. The van der Waals surface area contributed by atoms with Crippen LogP contribution in [0.5, 0.6) is 5.75 Å². The Kier molecular flexibility index (Phi) is 4.30. The van der Waals surface area contributed by atoms with Crippen molar-refractivity contribution >= 4 is 15.8 Å². The Bertz CT molecular complexity index is 785. The van der Waals surface area contributed by atoms with E-state index in [1.807, 2.05) is 12.1 Å². The molecule has 23 heavy (non-hydrogen) atoms. The van der Waals surface area contributed by atoms with Crippen LogP contribution in [0.3, 0.4) is 0 Å². The minimum Gasteiger partial charge on any atom is -0.376 e. The van der Waals surface area contributed by atoms with Crippen LogP contribution in [0.15, 0.2) is 35.6 Å². The molecule has 0 amide bonds. The van der Waals surface area contributed by atoms with Crippen molar-refractivity contribution in [2.24, 2.45) is 5.92 Å². The van der Waals surface area contributed by atoms with Gasteiger partial charge in [0.05, 0.1) is 17.7 Å². The van der Waals surface area contributed by atoms with E-state index < -0.39 is 10.1 Å². The fourth-order valence-electron chi connectivity index (χ4n) is 2.95. The van der Waals surface area contributed by atoms with Gasteiger partial charge in [0, 0.05) is 13.1 Å². The van der Waals surface area contributed by atoms with E-state index in [2.05, 4.69) is 21.8 Å². The molecule has 0 bridgehead atoms. The number of piperidine rings is 1. The minimum atomic E-state index is -3.94. The Morgan fingerprint density at radius 1 is 1.35 bits per heavy atom. The van der Waals surface area contributed by atoms with Gasteiger partial charge in [0.1, 0.15) is 0 Å². The molecule has 1 fully saturated rings. The normalized spacial score (nSPS) is 18.9. The van der Waals surface area contributed by atoms with Crippen molar-refractivity contribution in [3.8, 4) is 5.75 Å². The number of hydrogen-bond acceptors (Lipinski definition) is 5. The quantitative estimate of drug-likeness (QED) is 0.870. The molecule has 2 heterocycles. The molecule has 1 N–H and O–H groups in total. The first kappa shape index (κ1) is 15.9. The van der Waals surface area contributed by atoms with Crippen molar-refractivity contribution in [2.45, 2.75) is 31.7 Å². The van der Waals surface area contributed by atoms with Gasteiger partial charge in [-0.15, -0.1) is 0 Å². The van der Waals surface area contributed by atoms with Crippen LogP contribution < -0.4 is 9.08 Å². The largest absolute Gasteiger partial charge is 0.376 e. The van der Waals surface area contributed by atoms with Crippen molar-refractivity contribution < 1.29 is 12.6 Å². The van der Waals surface area contributed by atoms with Gasteiger partial charge in [-0.25, -0.2) is 4.98 Å². The predicted octanol–water partition coefficient (Wildman–Crippen LogP) is 2.72. The third-order valence-corrected chi connectivity index (χ3v) is 5.37. The zero-order chi connectivity index (χ0) is 16.4. The van der Waals surface area contributed by atoms with Crippen LogP contribution in [0, 0.1) is 12.8 Å². The van der Waals surface area contributed by atoms with Crippen LogP contribution in [0.1, 0.15) is 25.5 Å². The summed E-state index contributed by atoms with van der Waals surface area (Å²) in [6.07, 6.45) is 3.65. The van der Waals surface area contributed by atoms with E-state index in [9.17, 15) is 8.42 Å². The molecular formula is C16H21N3O3S. The number of para-hydroxylation sites is 2. The average molecular weight is 335 g/mol. The number of rotatable bonds is 4. The Morgan fingerprint density at radius 2 is 2.13 bits per heavy atom. The number of hydrogen-bond donors (Lipinski definition) is 1. The van der Waals surface area contributed by atoms with Crippen LogP contribution in [-0.4, -0.2) is 31.5 Å². The SMILES string of the molecule is Cc1[nH]cnc1S(=O)(=O)Oc1ccccc1N1CCCC(C)C1. The third kappa shape index (κ3) is 3.34. The summed E-state index contributed by atoms with van der Waals surface area (Å²) in [4.78, 5) is 8.81. The highest BCUT2D eigenvalue weighted by molar-refractivity contribution is 7.87. The van der Waals surface area contributed by atoms with Crippen LogP contribution >= 0.6 is 0 Å². The standard InChI is InChI=1S/C16H21N3O3S/c1-12-6-5-9-19(10-12)14-7-3-4-8-15(14)22-23(20,21)16-13(2)17-11-18-16/h3-4,7-8,11-12H,5-6,9-10H2,1-2H3,(H,17,18). The second kappa shape index (κ2) is 6.23. The predicted molar refractivity (Wildman–Crippen MR) is 88.2 cm³/mol.